The van der Waals surface area contributed by atoms with Crippen molar-refractivity contribution in [2.45, 2.75) is 32.3 Å². The Hall–Kier alpha value is -2.24. The van der Waals surface area contributed by atoms with E-state index < -0.39 is 11.5 Å². The first kappa shape index (κ1) is 18.5. The molecule has 0 radical (unpaired) electrons. The Morgan fingerprint density at radius 3 is 2.73 bits per heavy atom. The molecule has 2 heterocycles. The van der Waals surface area contributed by atoms with Crippen molar-refractivity contribution < 1.29 is 14.6 Å². The Morgan fingerprint density at radius 2 is 2.04 bits per heavy atom. The van der Waals surface area contributed by atoms with Crippen molar-refractivity contribution in [3.05, 3.63) is 54.4 Å². The first-order chi connectivity index (χ1) is 12.6. The monoisotopic (exact) mass is 354 g/mol. The summed E-state index contributed by atoms with van der Waals surface area (Å²) in [6.45, 7) is 3.13. The first-order valence-corrected chi connectivity index (χ1v) is 9.12. The maximum absolute atomic E-state index is 12.9. The van der Waals surface area contributed by atoms with Gasteiger partial charge in [-0.2, -0.15) is 0 Å². The number of nitrogens with zero attached hydrogens (tertiary/aromatic N) is 1. The Morgan fingerprint density at radius 1 is 1.27 bits per heavy atom. The average molecular weight is 354 g/mol. The van der Waals surface area contributed by atoms with Crippen LogP contribution >= 0.6 is 0 Å². The van der Waals surface area contributed by atoms with Crippen molar-refractivity contribution in [1.29, 1.82) is 0 Å². The van der Waals surface area contributed by atoms with Crippen LogP contribution < -0.4 is 5.32 Å². The van der Waals surface area contributed by atoms with E-state index in [4.69, 9.17) is 4.74 Å². The number of aliphatic hydroxyl groups excluding tert-OH is 1. The molecule has 0 spiro atoms. The lowest BCUT2D eigenvalue weighted by atomic mass is 9.74. The quantitative estimate of drug-likeness (QED) is 0.836. The van der Waals surface area contributed by atoms with E-state index in [0.29, 0.717) is 32.5 Å². The molecule has 2 N–H and O–H groups in total. The van der Waals surface area contributed by atoms with Gasteiger partial charge in [-0.05, 0) is 48.9 Å². The minimum atomic E-state index is -0.551. The van der Waals surface area contributed by atoms with Crippen molar-refractivity contribution in [3.63, 3.8) is 0 Å². The number of ether oxygens (including phenoxy) is 1. The number of hydrogen-bond acceptors (Lipinski definition) is 4. The number of amides is 1. The number of nitrogens with one attached hydrogen (secondary N) is 1. The molecule has 138 valence electrons. The molecule has 0 aliphatic carbocycles. The predicted octanol–water partition coefficient (Wildman–Crippen LogP) is 2.58. The molecule has 1 fully saturated rings. The summed E-state index contributed by atoms with van der Waals surface area (Å²) in [4.78, 5) is 17.1. The highest BCUT2D eigenvalue weighted by molar-refractivity contribution is 5.83. The molecule has 1 aliphatic heterocycles. The van der Waals surface area contributed by atoms with Gasteiger partial charge in [-0.15, -0.1) is 0 Å². The van der Waals surface area contributed by atoms with Crippen LogP contribution in [-0.2, 0) is 16.0 Å². The second-order valence-electron chi connectivity index (χ2n) is 7.07. The third-order valence-electron chi connectivity index (χ3n) is 4.95. The van der Waals surface area contributed by atoms with Gasteiger partial charge < -0.3 is 15.2 Å². The lowest BCUT2D eigenvalue weighted by Crippen LogP contribution is -2.47. The van der Waals surface area contributed by atoms with Crippen molar-refractivity contribution >= 4 is 5.91 Å². The third-order valence-corrected chi connectivity index (χ3v) is 4.95. The highest BCUT2D eigenvalue weighted by Gasteiger charge is 2.40. The van der Waals surface area contributed by atoms with E-state index in [9.17, 15) is 9.90 Å². The minimum absolute atomic E-state index is 0.00785. The molecule has 5 nitrogen and oxygen atoms in total. The molecule has 1 amide bonds. The van der Waals surface area contributed by atoms with E-state index in [2.05, 4.69) is 28.5 Å². The largest absolute Gasteiger partial charge is 0.392 e. The number of benzene rings is 1. The summed E-state index contributed by atoms with van der Waals surface area (Å²) in [7, 11) is 0. The van der Waals surface area contributed by atoms with Crippen LogP contribution in [0.4, 0.5) is 0 Å². The Bertz CT molecular complexity index is 725. The zero-order valence-electron chi connectivity index (χ0n) is 15.1. The van der Waals surface area contributed by atoms with E-state index in [0.717, 1.165) is 16.7 Å². The summed E-state index contributed by atoms with van der Waals surface area (Å²) < 4.78 is 5.49. The fraction of sp³-hybridized carbons (Fsp3) is 0.429. The molecule has 0 bridgehead atoms. The van der Waals surface area contributed by atoms with Gasteiger partial charge in [0.05, 0.1) is 11.5 Å². The van der Waals surface area contributed by atoms with Crippen LogP contribution in [0.25, 0.3) is 11.1 Å². The Labute approximate surface area is 154 Å². The summed E-state index contributed by atoms with van der Waals surface area (Å²) in [6.07, 6.45) is 5.10. The van der Waals surface area contributed by atoms with Crippen molar-refractivity contribution in [3.8, 4) is 11.1 Å². The number of aromatic nitrogens is 1. The number of pyridine rings is 1. The van der Waals surface area contributed by atoms with Crippen molar-refractivity contribution in [2.75, 3.05) is 19.8 Å². The molecule has 1 aromatic heterocycles. The highest BCUT2D eigenvalue weighted by Crippen LogP contribution is 2.35. The lowest BCUT2D eigenvalue weighted by Gasteiger charge is -2.36. The third kappa shape index (κ3) is 4.48. The van der Waals surface area contributed by atoms with Crippen LogP contribution in [0.15, 0.2) is 48.8 Å². The fourth-order valence-corrected chi connectivity index (χ4v) is 3.46. The minimum Gasteiger partial charge on any atom is -0.392 e. The molecule has 3 rings (SSSR count). The van der Waals surface area contributed by atoms with Gasteiger partial charge in [0.15, 0.2) is 0 Å². The highest BCUT2D eigenvalue weighted by atomic mass is 16.5. The lowest BCUT2D eigenvalue weighted by molar-refractivity contribution is -0.137. The summed E-state index contributed by atoms with van der Waals surface area (Å²) >= 11 is 0. The molecule has 1 atom stereocenters. The SMILES string of the molecule is C[C@H](O)CNC(=O)C1(Cc2cccc(-c3cccnc3)c2)CCOCC1. The summed E-state index contributed by atoms with van der Waals surface area (Å²) in [5.74, 6) is 0.00785. The van der Waals surface area contributed by atoms with Crippen LogP contribution in [0.2, 0.25) is 0 Å². The zero-order valence-corrected chi connectivity index (χ0v) is 15.1. The molecule has 0 unspecified atom stereocenters. The van der Waals surface area contributed by atoms with Crippen LogP contribution in [-0.4, -0.2) is 41.9 Å². The number of carbonyl (C=O) groups is 1. The van der Waals surface area contributed by atoms with E-state index >= 15 is 0 Å². The molecule has 5 heteroatoms. The van der Waals surface area contributed by atoms with Gasteiger partial charge in [-0.1, -0.05) is 30.3 Å². The van der Waals surface area contributed by atoms with Crippen molar-refractivity contribution in [2.24, 2.45) is 5.41 Å². The van der Waals surface area contributed by atoms with Crippen LogP contribution in [0.1, 0.15) is 25.3 Å². The van der Waals surface area contributed by atoms with Gasteiger partial charge >= 0.3 is 0 Å². The molecular weight excluding hydrogens is 328 g/mol. The summed E-state index contributed by atoms with van der Waals surface area (Å²) in [6, 6.07) is 12.2. The maximum Gasteiger partial charge on any atom is 0.226 e. The average Bonchev–Trinajstić information content (AvgIpc) is 2.67. The van der Waals surface area contributed by atoms with E-state index in [-0.39, 0.29) is 12.5 Å². The van der Waals surface area contributed by atoms with Gasteiger partial charge in [0, 0.05) is 32.2 Å². The second-order valence-corrected chi connectivity index (χ2v) is 7.07. The molecule has 1 aliphatic rings. The summed E-state index contributed by atoms with van der Waals surface area (Å²) in [5, 5.41) is 12.4. The van der Waals surface area contributed by atoms with Gasteiger partial charge in [0.25, 0.3) is 0 Å². The van der Waals surface area contributed by atoms with Gasteiger partial charge in [0.2, 0.25) is 5.91 Å². The number of rotatable bonds is 6. The first-order valence-electron chi connectivity index (χ1n) is 9.12. The summed E-state index contributed by atoms with van der Waals surface area (Å²) in [5.41, 5.74) is 2.80. The molecule has 1 saturated heterocycles. The van der Waals surface area contributed by atoms with Gasteiger partial charge in [-0.3, -0.25) is 9.78 Å². The molecule has 2 aromatic rings. The van der Waals surface area contributed by atoms with Gasteiger partial charge in [-0.25, -0.2) is 0 Å². The van der Waals surface area contributed by atoms with E-state index in [1.807, 2.05) is 24.4 Å². The van der Waals surface area contributed by atoms with Crippen LogP contribution in [0.5, 0.6) is 0 Å². The normalized spacial score (nSPS) is 17.5. The second kappa shape index (κ2) is 8.43. The smallest absolute Gasteiger partial charge is 0.226 e. The maximum atomic E-state index is 12.9. The van der Waals surface area contributed by atoms with Crippen molar-refractivity contribution in [1.82, 2.24) is 10.3 Å². The number of aliphatic hydroxyl groups is 1. The van der Waals surface area contributed by atoms with Gasteiger partial charge in [0.1, 0.15) is 0 Å². The molecular formula is C21H26N2O3. The van der Waals surface area contributed by atoms with Crippen LogP contribution in [0, 0.1) is 5.41 Å². The predicted molar refractivity (Wildman–Crippen MR) is 101 cm³/mol. The van der Waals surface area contributed by atoms with E-state index in [1.165, 1.54) is 0 Å². The van der Waals surface area contributed by atoms with Crippen LogP contribution in [0.3, 0.4) is 0 Å². The Balaban J connectivity index is 1.82. The standard InChI is InChI=1S/C21H26N2O3/c1-16(24)14-23-20(25)21(7-10-26-11-8-21)13-17-4-2-5-18(12-17)19-6-3-9-22-15-19/h2-6,9,12,15-16,24H,7-8,10-11,13-14H2,1H3,(H,23,25)/t16-/m0/s1. The fourth-order valence-electron chi connectivity index (χ4n) is 3.46. The number of carbonyl (C=O) groups excluding carboxylic acids is 1. The zero-order chi connectivity index (χ0) is 18.4. The number of hydrogen-bond donors (Lipinski definition) is 2. The molecule has 0 saturated carbocycles. The molecule has 26 heavy (non-hydrogen) atoms. The topological polar surface area (TPSA) is 71.5 Å². The molecule has 1 aromatic carbocycles. The Kier molecular flexibility index (Phi) is 6.01. The van der Waals surface area contributed by atoms with E-state index in [1.54, 1.807) is 13.1 Å².